The van der Waals surface area contributed by atoms with Crippen molar-refractivity contribution >= 4 is 39.9 Å². The molecule has 1 heterocycles. The SMILES string of the molecule is O=C(NC[C@@H]1CCCNC1)c1cccc([C@@H]2C[C@H]2C(=O)Nc2ccc3cccc(Cl)c3c2)c1. The normalized spacial score (nSPS) is 22.0. The number of piperidine rings is 1. The molecule has 1 saturated carbocycles. The lowest BCUT2D eigenvalue weighted by atomic mass is 9.99. The predicted octanol–water partition coefficient (Wildman–Crippen LogP) is 4.96. The van der Waals surface area contributed by atoms with Crippen LogP contribution in [-0.4, -0.2) is 31.4 Å². The second-order valence-corrected chi connectivity index (χ2v) is 9.57. The molecule has 1 aliphatic heterocycles. The van der Waals surface area contributed by atoms with Crippen LogP contribution in [0.2, 0.25) is 5.02 Å². The van der Waals surface area contributed by atoms with Crippen LogP contribution in [0.25, 0.3) is 10.8 Å². The molecule has 170 valence electrons. The molecular formula is C27H28ClN3O2. The number of carbonyl (C=O) groups is 2. The van der Waals surface area contributed by atoms with Crippen LogP contribution in [0, 0.1) is 11.8 Å². The Balaban J connectivity index is 1.20. The van der Waals surface area contributed by atoms with Crippen molar-refractivity contribution in [1.82, 2.24) is 10.6 Å². The lowest BCUT2D eigenvalue weighted by molar-refractivity contribution is -0.117. The maximum atomic E-state index is 12.8. The van der Waals surface area contributed by atoms with Gasteiger partial charge in [0.05, 0.1) is 0 Å². The third kappa shape index (κ3) is 5.05. The van der Waals surface area contributed by atoms with E-state index in [4.69, 9.17) is 11.6 Å². The van der Waals surface area contributed by atoms with Crippen LogP contribution in [0.15, 0.2) is 60.7 Å². The molecule has 2 fully saturated rings. The molecule has 2 aliphatic rings. The van der Waals surface area contributed by atoms with E-state index in [1.807, 2.05) is 60.7 Å². The Morgan fingerprint density at radius 3 is 2.79 bits per heavy atom. The van der Waals surface area contributed by atoms with Gasteiger partial charge in [0.25, 0.3) is 5.91 Å². The average molecular weight is 462 g/mol. The standard InChI is InChI=1S/C27H28ClN3O2/c28-25-8-2-5-18-9-10-21(13-23(18)25)31-27(33)24-14-22(24)19-6-1-7-20(12-19)26(32)30-16-17-4-3-11-29-15-17/h1-2,5-10,12-13,17,22,24,29H,3-4,11,14-16H2,(H,30,32)(H,31,33)/t17-,22+,24-/m1/s1. The van der Waals surface area contributed by atoms with Gasteiger partial charge in [-0.25, -0.2) is 0 Å². The Bertz CT molecular complexity index is 1190. The number of anilines is 1. The van der Waals surface area contributed by atoms with E-state index in [-0.39, 0.29) is 23.7 Å². The summed E-state index contributed by atoms with van der Waals surface area (Å²) in [5, 5.41) is 12.1. The van der Waals surface area contributed by atoms with Gasteiger partial charge < -0.3 is 16.0 Å². The molecular weight excluding hydrogens is 434 g/mol. The van der Waals surface area contributed by atoms with E-state index in [2.05, 4.69) is 16.0 Å². The van der Waals surface area contributed by atoms with E-state index in [0.717, 1.165) is 54.4 Å². The molecule has 3 atom stereocenters. The Kier molecular flexibility index (Phi) is 6.34. The summed E-state index contributed by atoms with van der Waals surface area (Å²) in [7, 11) is 0. The first-order chi connectivity index (χ1) is 16.1. The molecule has 1 aliphatic carbocycles. The highest BCUT2D eigenvalue weighted by Crippen LogP contribution is 2.48. The first kappa shape index (κ1) is 21.9. The van der Waals surface area contributed by atoms with E-state index in [0.29, 0.717) is 23.0 Å². The van der Waals surface area contributed by atoms with Crippen LogP contribution in [0.4, 0.5) is 5.69 Å². The van der Waals surface area contributed by atoms with E-state index in [1.54, 1.807) is 0 Å². The molecule has 0 unspecified atom stereocenters. The van der Waals surface area contributed by atoms with E-state index in [9.17, 15) is 9.59 Å². The largest absolute Gasteiger partial charge is 0.352 e. The molecule has 5 rings (SSSR count). The Labute approximate surface area is 198 Å². The van der Waals surface area contributed by atoms with Crippen LogP contribution in [0.5, 0.6) is 0 Å². The first-order valence-electron chi connectivity index (χ1n) is 11.7. The van der Waals surface area contributed by atoms with E-state index in [1.165, 1.54) is 0 Å². The quantitative estimate of drug-likeness (QED) is 0.485. The van der Waals surface area contributed by atoms with E-state index < -0.39 is 0 Å². The van der Waals surface area contributed by atoms with E-state index >= 15 is 0 Å². The van der Waals surface area contributed by atoms with Gasteiger partial charge in [-0.05, 0) is 85.5 Å². The van der Waals surface area contributed by atoms with Gasteiger partial charge in [0.15, 0.2) is 0 Å². The second-order valence-electron chi connectivity index (χ2n) is 9.16. The fourth-order valence-electron chi connectivity index (χ4n) is 4.75. The highest BCUT2D eigenvalue weighted by Gasteiger charge is 2.44. The van der Waals surface area contributed by atoms with Gasteiger partial charge in [-0.1, -0.05) is 41.9 Å². The minimum atomic E-state index is -0.0847. The Hall–Kier alpha value is -2.89. The highest BCUT2D eigenvalue weighted by atomic mass is 35.5. The fraction of sp³-hybridized carbons (Fsp3) is 0.333. The molecule has 6 heteroatoms. The van der Waals surface area contributed by atoms with Crippen molar-refractivity contribution in [3.05, 3.63) is 76.8 Å². The van der Waals surface area contributed by atoms with Crippen LogP contribution in [-0.2, 0) is 4.79 Å². The van der Waals surface area contributed by atoms with Crippen molar-refractivity contribution in [3.63, 3.8) is 0 Å². The second kappa shape index (κ2) is 9.54. The monoisotopic (exact) mass is 461 g/mol. The average Bonchev–Trinajstić information content (AvgIpc) is 3.65. The van der Waals surface area contributed by atoms with Crippen LogP contribution in [0.1, 0.15) is 41.1 Å². The lowest BCUT2D eigenvalue weighted by Gasteiger charge is -2.22. The van der Waals surface area contributed by atoms with Gasteiger partial charge in [-0.3, -0.25) is 9.59 Å². The minimum Gasteiger partial charge on any atom is -0.352 e. The van der Waals surface area contributed by atoms with Crippen LogP contribution >= 0.6 is 11.6 Å². The number of amides is 2. The number of carbonyl (C=O) groups excluding carboxylic acids is 2. The zero-order valence-electron chi connectivity index (χ0n) is 18.4. The number of hydrogen-bond donors (Lipinski definition) is 3. The summed E-state index contributed by atoms with van der Waals surface area (Å²) in [6, 6.07) is 19.2. The number of halogens is 1. The maximum Gasteiger partial charge on any atom is 0.251 e. The van der Waals surface area contributed by atoms with Crippen LogP contribution < -0.4 is 16.0 Å². The number of benzene rings is 3. The van der Waals surface area contributed by atoms with Gasteiger partial charge in [0.2, 0.25) is 5.91 Å². The zero-order chi connectivity index (χ0) is 22.8. The Morgan fingerprint density at radius 1 is 1.06 bits per heavy atom. The van der Waals surface area contributed by atoms with Gasteiger partial charge in [-0.15, -0.1) is 0 Å². The molecule has 5 nitrogen and oxygen atoms in total. The summed E-state index contributed by atoms with van der Waals surface area (Å²) in [4.78, 5) is 25.5. The van der Waals surface area contributed by atoms with Crippen molar-refractivity contribution in [2.24, 2.45) is 11.8 Å². The first-order valence-corrected chi connectivity index (χ1v) is 12.0. The van der Waals surface area contributed by atoms with Crippen LogP contribution in [0.3, 0.4) is 0 Å². The number of hydrogen-bond acceptors (Lipinski definition) is 3. The molecule has 3 aromatic carbocycles. The summed E-state index contributed by atoms with van der Waals surface area (Å²) < 4.78 is 0. The van der Waals surface area contributed by atoms with Gasteiger partial charge in [0, 0.05) is 34.1 Å². The summed E-state index contributed by atoms with van der Waals surface area (Å²) in [6.07, 6.45) is 3.10. The van der Waals surface area contributed by atoms with Crippen molar-refractivity contribution in [2.45, 2.75) is 25.2 Å². The van der Waals surface area contributed by atoms with Crippen molar-refractivity contribution in [2.75, 3.05) is 25.0 Å². The highest BCUT2D eigenvalue weighted by molar-refractivity contribution is 6.35. The topological polar surface area (TPSA) is 70.2 Å². The summed E-state index contributed by atoms with van der Waals surface area (Å²) in [5.41, 5.74) is 2.45. The molecule has 0 bridgehead atoms. The minimum absolute atomic E-state index is 0.00561. The van der Waals surface area contributed by atoms with Crippen molar-refractivity contribution in [1.29, 1.82) is 0 Å². The summed E-state index contributed by atoms with van der Waals surface area (Å²) in [5.74, 6) is 0.512. The number of rotatable bonds is 6. The maximum absolute atomic E-state index is 12.8. The molecule has 0 radical (unpaired) electrons. The zero-order valence-corrected chi connectivity index (χ0v) is 19.2. The summed E-state index contributed by atoms with van der Waals surface area (Å²) >= 11 is 6.30. The molecule has 0 spiro atoms. The molecule has 3 N–H and O–H groups in total. The van der Waals surface area contributed by atoms with Crippen molar-refractivity contribution < 1.29 is 9.59 Å². The fourth-order valence-corrected chi connectivity index (χ4v) is 4.98. The third-order valence-electron chi connectivity index (χ3n) is 6.75. The third-order valence-corrected chi connectivity index (χ3v) is 7.08. The number of nitrogens with one attached hydrogen (secondary N) is 3. The number of fused-ring (bicyclic) bond motifs is 1. The van der Waals surface area contributed by atoms with Gasteiger partial charge in [-0.2, -0.15) is 0 Å². The van der Waals surface area contributed by atoms with Gasteiger partial charge >= 0.3 is 0 Å². The molecule has 2 amide bonds. The molecule has 33 heavy (non-hydrogen) atoms. The van der Waals surface area contributed by atoms with Crippen molar-refractivity contribution in [3.8, 4) is 0 Å². The molecule has 0 aromatic heterocycles. The smallest absolute Gasteiger partial charge is 0.251 e. The van der Waals surface area contributed by atoms with Gasteiger partial charge in [0.1, 0.15) is 0 Å². The predicted molar refractivity (Wildman–Crippen MR) is 133 cm³/mol. The lowest BCUT2D eigenvalue weighted by Crippen LogP contribution is -2.38. The molecule has 3 aromatic rings. The Morgan fingerprint density at radius 2 is 1.94 bits per heavy atom. The summed E-state index contributed by atoms with van der Waals surface area (Å²) in [6.45, 7) is 2.72. The molecule has 1 saturated heterocycles.